The van der Waals surface area contributed by atoms with Gasteiger partial charge in [0.25, 0.3) is 0 Å². The van der Waals surface area contributed by atoms with Gasteiger partial charge in [0, 0.05) is 44.5 Å². The van der Waals surface area contributed by atoms with Crippen LogP contribution in [0.3, 0.4) is 0 Å². The number of urea groups is 1. The molecule has 0 aliphatic carbocycles. The van der Waals surface area contributed by atoms with Gasteiger partial charge in [0.15, 0.2) is 9.84 Å². The number of rotatable bonds is 3. The zero-order chi connectivity index (χ0) is 18.0. The molecule has 6 nitrogen and oxygen atoms in total. The highest BCUT2D eigenvalue weighted by atomic mass is 32.2. The van der Waals surface area contributed by atoms with E-state index in [0.717, 1.165) is 13.1 Å². The van der Waals surface area contributed by atoms with Gasteiger partial charge in [0.05, 0.1) is 11.5 Å². The molecule has 0 N–H and O–H groups in total. The van der Waals surface area contributed by atoms with Crippen molar-refractivity contribution in [2.45, 2.75) is 26.3 Å². The molecule has 3 rings (SSSR count). The van der Waals surface area contributed by atoms with Gasteiger partial charge in [0.2, 0.25) is 0 Å². The molecule has 0 bridgehead atoms. The maximum atomic E-state index is 12.9. The van der Waals surface area contributed by atoms with E-state index < -0.39 is 9.84 Å². The molecule has 0 radical (unpaired) electrons. The molecule has 2 aliphatic rings. The Kier molecular flexibility index (Phi) is 5.22. The summed E-state index contributed by atoms with van der Waals surface area (Å²) in [7, 11) is -2.98. The van der Waals surface area contributed by atoms with Crippen LogP contribution in [0.25, 0.3) is 0 Å². The third-order valence-electron chi connectivity index (χ3n) is 5.15. The molecule has 2 heterocycles. The Hall–Kier alpha value is -1.76. The highest BCUT2D eigenvalue weighted by molar-refractivity contribution is 7.91. The average molecular weight is 365 g/mol. The molecule has 0 spiro atoms. The summed E-state index contributed by atoms with van der Waals surface area (Å²) in [4.78, 5) is 18.8. The van der Waals surface area contributed by atoms with Crippen molar-refractivity contribution in [3.8, 4) is 0 Å². The first-order valence-corrected chi connectivity index (χ1v) is 10.8. The fraction of sp³-hybridized carbons (Fsp3) is 0.611. The van der Waals surface area contributed by atoms with Crippen molar-refractivity contribution >= 4 is 21.6 Å². The SMILES string of the molecule is CCN(C(=O)N1CCN(c2cccc(C)c2)CC1)C1CCS(=O)(=O)C1. The van der Waals surface area contributed by atoms with Gasteiger partial charge in [-0.05, 0) is 38.0 Å². The molecule has 1 atom stereocenters. The predicted octanol–water partition coefficient (Wildman–Crippen LogP) is 1.75. The standard InChI is InChI=1S/C18H27N3O3S/c1-3-21(17-7-12-25(23,24)14-17)18(22)20-10-8-19(9-11-20)16-6-4-5-15(2)13-16/h4-6,13,17H,3,7-12,14H2,1-2H3. The number of piperazine rings is 1. The molecule has 1 unspecified atom stereocenters. The molecular formula is C18H27N3O3S. The summed E-state index contributed by atoms with van der Waals surface area (Å²) in [5.74, 6) is 0.304. The van der Waals surface area contributed by atoms with Gasteiger partial charge in [-0.3, -0.25) is 0 Å². The van der Waals surface area contributed by atoms with E-state index in [1.165, 1.54) is 11.3 Å². The van der Waals surface area contributed by atoms with E-state index in [1.807, 2.05) is 11.8 Å². The number of hydrogen-bond acceptors (Lipinski definition) is 4. The van der Waals surface area contributed by atoms with Crippen LogP contribution in [0.5, 0.6) is 0 Å². The molecule has 7 heteroatoms. The third-order valence-corrected chi connectivity index (χ3v) is 6.90. The van der Waals surface area contributed by atoms with Crippen LogP contribution in [0.15, 0.2) is 24.3 Å². The lowest BCUT2D eigenvalue weighted by Gasteiger charge is -2.39. The summed E-state index contributed by atoms with van der Waals surface area (Å²) in [6.45, 7) is 7.50. The summed E-state index contributed by atoms with van der Waals surface area (Å²) < 4.78 is 23.5. The van der Waals surface area contributed by atoms with Crippen molar-refractivity contribution in [3.63, 3.8) is 0 Å². The van der Waals surface area contributed by atoms with Crippen LogP contribution < -0.4 is 4.90 Å². The molecular weight excluding hydrogens is 338 g/mol. The Bertz CT molecular complexity index is 727. The smallest absolute Gasteiger partial charge is 0.320 e. The third kappa shape index (κ3) is 4.08. The highest BCUT2D eigenvalue weighted by Crippen LogP contribution is 2.21. The molecule has 1 aromatic rings. The lowest BCUT2D eigenvalue weighted by Crippen LogP contribution is -2.55. The topological polar surface area (TPSA) is 60.9 Å². The number of hydrogen-bond donors (Lipinski definition) is 0. The molecule has 0 saturated carbocycles. The van der Waals surface area contributed by atoms with Crippen LogP contribution in [0.2, 0.25) is 0 Å². The normalized spacial score (nSPS) is 22.9. The van der Waals surface area contributed by atoms with E-state index >= 15 is 0 Å². The summed E-state index contributed by atoms with van der Waals surface area (Å²) in [6.07, 6.45) is 0.561. The Morgan fingerprint density at radius 2 is 1.96 bits per heavy atom. The molecule has 2 aliphatic heterocycles. The largest absolute Gasteiger partial charge is 0.368 e. The summed E-state index contributed by atoms with van der Waals surface area (Å²) in [5.41, 5.74) is 2.43. The Morgan fingerprint density at radius 1 is 1.24 bits per heavy atom. The molecule has 0 aromatic heterocycles. The number of anilines is 1. The number of nitrogens with zero attached hydrogens (tertiary/aromatic N) is 3. The molecule has 2 fully saturated rings. The first-order valence-electron chi connectivity index (χ1n) is 8.97. The van der Waals surface area contributed by atoms with Crippen LogP contribution >= 0.6 is 0 Å². The second kappa shape index (κ2) is 7.23. The van der Waals surface area contributed by atoms with Crippen LogP contribution in [0.1, 0.15) is 18.9 Å². The second-order valence-corrected chi connectivity index (χ2v) is 9.17. The lowest BCUT2D eigenvalue weighted by molar-refractivity contribution is 0.138. The average Bonchev–Trinajstić information content (AvgIpc) is 2.95. The zero-order valence-electron chi connectivity index (χ0n) is 15.0. The fourth-order valence-electron chi connectivity index (χ4n) is 3.73. The van der Waals surface area contributed by atoms with Gasteiger partial charge in [-0.25, -0.2) is 13.2 Å². The molecule has 1 aromatic carbocycles. The summed E-state index contributed by atoms with van der Waals surface area (Å²) in [5, 5.41) is 0. The van der Waals surface area contributed by atoms with Crippen LogP contribution in [-0.4, -0.2) is 74.5 Å². The highest BCUT2D eigenvalue weighted by Gasteiger charge is 2.36. The van der Waals surface area contributed by atoms with Gasteiger partial charge in [-0.2, -0.15) is 0 Å². The van der Waals surface area contributed by atoms with Gasteiger partial charge in [-0.15, -0.1) is 0 Å². The molecule has 25 heavy (non-hydrogen) atoms. The summed E-state index contributed by atoms with van der Waals surface area (Å²) in [6, 6.07) is 8.22. The van der Waals surface area contributed by atoms with Gasteiger partial charge in [-0.1, -0.05) is 12.1 Å². The fourth-order valence-corrected chi connectivity index (χ4v) is 5.46. The first-order chi connectivity index (χ1) is 11.9. The van der Waals surface area contributed by atoms with E-state index in [4.69, 9.17) is 0 Å². The number of benzene rings is 1. The van der Waals surface area contributed by atoms with Crippen LogP contribution in [-0.2, 0) is 9.84 Å². The van der Waals surface area contributed by atoms with Crippen molar-refractivity contribution in [2.75, 3.05) is 49.1 Å². The minimum atomic E-state index is -2.98. The van der Waals surface area contributed by atoms with Crippen molar-refractivity contribution in [3.05, 3.63) is 29.8 Å². The van der Waals surface area contributed by atoms with Crippen LogP contribution in [0, 0.1) is 6.92 Å². The summed E-state index contributed by atoms with van der Waals surface area (Å²) >= 11 is 0. The van der Waals surface area contributed by atoms with E-state index in [0.29, 0.717) is 26.1 Å². The van der Waals surface area contributed by atoms with E-state index in [-0.39, 0.29) is 23.6 Å². The lowest BCUT2D eigenvalue weighted by atomic mass is 10.2. The monoisotopic (exact) mass is 365 g/mol. The second-order valence-electron chi connectivity index (χ2n) is 6.94. The number of carbonyl (C=O) groups is 1. The van der Waals surface area contributed by atoms with Crippen molar-refractivity contribution in [1.82, 2.24) is 9.80 Å². The van der Waals surface area contributed by atoms with Gasteiger partial charge >= 0.3 is 6.03 Å². The Balaban J connectivity index is 1.61. The van der Waals surface area contributed by atoms with E-state index in [1.54, 1.807) is 4.90 Å². The molecule has 2 amide bonds. The van der Waals surface area contributed by atoms with Crippen molar-refractivity contribution < 1.29 is 13.2 Å². The number of aryl methyl sites for hydroxylation is 1. The Labute approximate surface area is 150 Å². The number of sulfone groups is 1. The first kappa shape index (κ1) is 18.0. The van der Waals surface area contributed by atoms with E-state index in [9.17, 15) is 13.2 Å². The maximum absolute atomic E-state index is 12.9. The quantitative estimate of drug-likeness (QED) is 0.819. The minimum absolute atomic E-state index is 0.0199. The molecule has 2 saturated heterocycles. The number of carbonyl (C=O) groups excluding carboxylic acids is 1. The van der Waals surface area contributed by atoms with Gasteiger partial charge in [0.1, 0.15) is 0 Å². The van der Waals surface area contributed by atoms with Crippen molar-refractivity contribution in [2.24, 2.45) is 0 Å². The van der Waals surface area contributed by atoms with E-state index in [2.05, 4.69) is 36.1 Å². The number of amides is 2. The van der Waals surface area contributed by atoms with Crippen LogP contribution in [0.4, 0.5) is 10.5 Å². The minimum Gasteiger partial charge on any atom is -0.368 e. The molecule has 138 valence electrons. The Morgan fingerprint density at radius 3 is 2.52 bits per heavy atom. The maximum Gasteiger partial charge on any atom is 0.320 e. The van der Waals surface area contributed by atoms with Crippen molar-refractivity contribution in [1.29, 1.82) is 0 Å². The predicted molar refractivity (Wildman–Crippen MR) is 99.8 cm³/mol. The zero-order valence-corrected chi connectivity index (χ0v) is 15.8. The van der Waals surface area contributed by atoms with Gasteiger partial charge < -0.3 is 14.7 Å².